The van der Waals surface area contributed by atoms with E-state index in [-0.39, 0.29) is 30.0 Å². The number of rotatable bonds is 4. The summed E-state index contributed by atoms with van der Waals surface area (Å²) in [5.74, 6) is -0.0564. The van der Waals surface area contributed by atoms with Crippen molar-refractivity contribution in [3.8, 4) is 0 Å². The minimum Gasteiger partial charge on any atom is -0.481 e. The van der Waals surface area contributed by atoms with Crippen LogP contribution in [0.25, 0.3) is 0 Å². The molecule has 7 nitrogen and oxygen atoms in total. The van der Waals surface area contributed by atoms with Gasteiger partial charge in [0.05, 0.1) is 12.5 Å². The maximum atomic E-state index is 12.4. The van der Waals surface area contributed by atoms with E-state index in [1.165, 1.54) is 18.3 Å². The highest BCUT2D eigenvalue weighted by molar-refractivity contribution is 7.99. The van der Waals surface area contributed by atoms with Crippen LogP contribution >= 0.6 is 23.1 Å². The molecule has 1 aromatic rings. The summed E-state index contributed by atoms with van der Waals surface area (Å²) in [4.78, 5) is 39.9. The molecule has 1 aliphatic rings. The largest absolute Gasteiger partial charge is 0.481 e. The zero-order chi connectivity index (χ0) is 15.4. The van der Waals surface area contributed by atoms with Gasteiger partial charge in [0.15, 0.2) is 5.13 Å². The first kappa shape index (κ1) is 15.8. The van der Waals surface area contributed by atoms with E-state index in [4.69, 9.17) is 5.11 Å². The van der Waals surface area contributed by atoms with Crippen LogP contribution in [0.4, 0.5) is 5.13 Å². The van der Waals surface area contributed by atoms with Crippen molar-refractivity contribution >= 4 is 46.0 Å². The number of carboxylic acids is 1. The number of nitrogens with zero attached hydrogens (tertiary/aromatic N) is 2. The molecule has 2 rings (SSSR count). The average Bonchev–Trinajstić information content (AvgIpc) is 2.85. The Kier molecular flexibility index (Phi) is 5.18. The van der Waals surface area contributed by atoms with Gasteiger partial charge in [0.2, 0.25) is 5.91 Å². The molecule has 2 amide bonds. The Hall–Kier alpha value is -1.61. The highest BCUT2D eigenvalue weighted by Gasteiger charge is 2.30. The van der Waals surface area contributed by atoms with Crippen molar-refractivity contribution in [3.63, 3.8) is 0 Å². The van der Waals surface area contributed by atoms with E-state index >= 15 is 0 Å². The minimum atomic E-state index is -0.919. The summed E-state index contributed by atoms with van der Waals surface area (Å²) in [6, 6.07) is -0.320. The third-order valence-electron chi connectivity index (χ3n) is 2.90. The molecule has 1 fully saturated rings. The van der Waals surface area contributed by atoms with Crippen molar-refractivity contribution in [3.05, 3.63) is 11.1 Å². The molecule has 2 heterocycles. The number of carbonyl (C=O) groups is 3. The summed E-state index contributed by atoms with van der Waals surface area (Å²) < 4.78 is 0. The van der Waals surface area contributed by atoms with Crippen molar-refractivity contribution in [2.45, 2.75) is 19.4 Å². The zero-order valence-corrected chi connectivity index (χ0v) is 13.0. The first-order valence-electron chi connectivity index (χ1n) is 6.31. The third-order valence-corrected chi connectivity index (χ3v) is 4.75. The Morgan fingerprint density at radius 2 is 2.29 bits per heavy atom. The van der Waals surface area contributed by atoms with Gasteiger partial charge in [-0.1, -0.05) is 0 Å². The van der Waals surface area contributed by atoms with Crippen LogP contribution in [0.2, 0.25) is 0 Å². The fourth-order valence-corrected chi connectivity index (χ4v) is 3.81. The van der Waals surface area contributed by atoms with Gasteiger partial charge in [-0.25, -0.2) is 4.98 Å². The van der Waals surface area contributed by atoms with E-state index < -0.39 is 5.97 Å². The monoisotopic (exact) mass is 329 g/mol. The average molecular weight is 329 g/mol. The summed E-state index contributed by atoms with van der Waals surface area (Å²) in [6.45, 7) is 1.88. The summed E-state index contributed by atoms with van der Waals surface area (Å²) in [5, 5.41) is 13.4. The van der Waals surface area contributed by atoms with Gasteiger partial charge in [-0.3, -0.25) is 14.4 Å². The van der Waals surface area contributed by atoms with Crippen molar-refractivity contribution in [2.75, 3.05) is 23.4 Å². The highest BCUT2D eigenvalue weighted by Crippen LogP contribution is 2.23. The third kappa shape index (κ3) is 4.18. The Labute approximate surface area is 129 Å². The Morgan fingerprint density at radius 3 is 2.95 bits per heavy atom. The van der Waals surface area contributed by atoms with Crippen LogP contribution in [0, 0.1) is 0 Å². The Morgan fingerprint density at radius 1 is 1.52 bits per heavy atom. The molecular weight excluding hydrogens is 314 g/mol. The molecule has 1 aromatic heterocycles. The number of aromatic nitrogens is 1. The summed E-state index contributed by atoms with van der Waals surface area (Å²) >= 11 is 2.82. The van der Waals surface area contributed by atoms with Crippen LogP contribution in [0.15, 0.2) is 5.38 Å². The second-order valence-corrected chi connectivity index (χ2v) is 6.55. The van der Waals surface area contributed by atoms with Gasteiger partial charge in [0.25, 0.3) is 5.91 Å². The minimum absolute atomic E-state index is 0.0680. The van der Waals surface area contributed by atoms with Crippen molar-refractivity contribution in [1.29, 1.82) is 0 Å². The number of carbonyl (C=O) groups excluding carboxylic acids is 2. The van der Waals surface area contributed by atoms with E-state index in [2.05, 4.69) is 10.3 Å². The summed E-state index contributed by atoms with van der Waals surface area (Å²) in [7, 11) is 0. The molecular formula is C12H15N3O4S2. The van der Waals surface area contributed by atoms with Gasteiger partial charge in [0, 0.05) is 30.4 Å². The molecule has 0 aromatic carbocycles. The molecule has 0 aliphatic carbocycles. The van der Waals surface area contributed by atoms with Crippen molar-refractivity contribution < 1.29 is 19.5 Å². The van der Waals surface area contributed by atoms with Gasteiger partial charge in [0.1, 0.15) is 5.69 Å². The van der Waals surface area contributed by atoms with Gasteiger partial charge >= 0.3 is 5.97 Å². The summed E-state index contributed by atoms with van der Waals surface area (Å²) in [5.41, 5.74) is 0.242. The highest BCUT2D eigenvalue weighted by atomic mass is 32.2. The lowest BCUT2D eigenvalue weighted by atomic mass is 10.2. The molecule has 0 bridgehead atoms. The van der Waals surface area contributed by atoms with Crippen LogP contribution in [0.1, 0.15) is 23.8 Å². The molecule has 2 N–H and O–H groups in total. The number of anilines is 1. The fraction of sp³-hybridized carbons (Fsp3) is 0.500. The number of carboxylic acid groups (broad SMARTS) is 1. The second kappa shape index (κ2) is 6.90. The number of nitrogens with one attached hydrogen (secondary N) is 1. The standard InChI is InChI=1S/C12H15N3O4S2/c1-7(16)13-12-14-9(6-21-12)11(19)15-2-3-20-5-8(15)4-10(17)18/h6,8H,2-5H2,1H3,(H,17,18)(H,13,14,16). The Bertz CT molecular complexity index is 560. The number of hydrogen-bond donors (Lipinski definition) is 2. The topological polar surface area (TPSA) is 99.6 Å². The van der Waals surface area contributed by atoms with Gasteiger partial charge < -0.3 is 15.3 Å². The molecule has 0 radical (unpaired) electrons. The first-order chi connectivity index (χ1) is 9.97. The number of hydrogen-bond acceptors (Lipinski definition) is 6. The second-order valence-electron chi connectivity index (χ2n) is 4.54. The Balaban J connectivity index is 2.10. The molecule has 21 heavy (non-hydrogen) atoms. The fourth-order valence-electron chi connectivity index (χ4n) is 2.02. The van der Waals surface area contributed by atoms with Crippen LogP contribution < -0.4 is 5.32 Å². The predicted octanol–water partition coefficient (Wildman–Crippen LogP) is 1.13. The van der Waals surface area contributed by atoms with E-state index in [0.29, 0.717) is 17.4 Å². The number of amides is 2. The lowest BCUT2D eigenvalue weighted by Crippen LogP contribution is -2.47. The lowest BCUT2D eigenvalue weighted by molar-refractivity contribution is -0.138. The van der Waals surface area contributed by atoms with Crippen molar-refractivity contribution in [2.24, 2.45) is 0 Å². The van der Waals surface area contributed by atoms with Crippen LogP contribution in [-0.2, 0) is 9.59 Å². The maximum absolute atomic E-state index is 12.4. The van der Waals surface area contributed by atoms with Gasteiger partial charge in [-0.05, 0) is 0 Å². The van der Waals surface area contributed by atoms with Crippen LogP contribution in [-0.4, -0.2) is 56.9 Å². The van der Waals surface area contributed by atoms with Crippen LogP contribution in [0.3, 0.4) is 0 Å². The van der Waals surface area contributed by atoms with E-state index in [9.17, 15) is 14.4 Å². The molecule has 1 aliphatic heterocycles. The van der Waals surface area contributed by atoms with E-state index in [0.717, 1.165) is 5.75 Å². The quantitative estimate of drug-likeness (QED) is 0.859. The van der Waals surface area contributed by atoms with Gasteiger partial charge in [-0.2, -0.15) is 11.8 Å². The van der Waals surface area contributed by atoms with E-state index in [1.807, 2.05) is 0 Å². The number of thioether (sulfide) groups is 1. The molecule has 1 saturated heterocycles. The predicted molar refractivity (Wildman–Crippen MR) is 80.8 cm³/mol. The first-order valence-corrected chi connectivity index (χ1v) is 8.34. The molecule has 9 heteroatoms. The lowest BCUT2D eigenvalue weighted by Gasteiger charge is -2.34. The maximum Gasteiger partial charge on any atom is 0.305 e. The molecule has 1 atom stereocenters. The SMILES string of the molecule is CC(=O)Nc1nc(C(=O)N2CCSCC2CC(=O)O)cs1. The number of aliphatic carboxylic acids is 1. The van der Waals surface area contributed by atoms with Gasteiger partial charge in [-0.15, -0.1) is 11.3 Å². The van der Waals surface area contributed by atoms with E-state index in [1.54, 1.807) is 22.0 Å². The van der Waals surface area contributed by atoms with Crippen LogP contribution in [0.5, 0.6) is 0 Å². The zero-order valence-electron chi connectivity index (χ0n) is 11.4. The molecule has 114 valence electrons. The van der Waals surface area contributed by atoms with Crippen molar-refractivity contribution in [1.82, 2.24) is 9.88 Å². The number of thiazole rings is 1. The molecule has 1 unspecified atom stereocenters. The smallest absolute Gasteiger partial charge is 0.305 e. The summed E-state index contributed by atoms with van der Waals surface area (Å²) in [6.07, 6.45) is -0.0680. The normalized spacial score (nSPS) is 18.3. The molecule has 0 saturated carbocycles. The molecule has 0 spiro atoms.